The van der Waals surface area contributed by atoms with Crippen LogP contribution in [-0.2, 0) is 56.1 Å². The molecule has 2 aromatic carbocycles. The number of unbranched alkanes of at least 4 members (excludes halogenated alkanes) is 1. The second-order valence-corrected chi connectivity index (χ2v) is 14.8. The molecule has 1 aliphatic heterocycles. The van der Waals surface area contributed by atoms with Gasteiger partial charge in [-0.25, -0.2) is 0 Å². The molecular weight excluding hydrogens is 675 g/mol. The molecule has 1 heterocycles. The fraction of sp³-hybridized carbons (Fsp3) is 0.571. The van der Waals surface area contributed by atoms with Gasteiger partial charge < -0.3 is 28.8 Å². The highest BCUT2D eigenvalue weighted by Crippen LogP contribution is 2.21. The summed E-state index contributed by atoms with van der Waals surface area (Å²) in [4.78, 5) is 48.5. The maximum Gasteiger partial charge on any atom is 0.310 e. The second kappa shape index (κ2) is 25.9. The number of aliphatic hydroxyl groups excluding tert-OH is 1. The van der Waals surface area contributed by atoms with E-state index < -0.39 is 40.9 Å². The van der Waals surface area contributed by atoms with Crippen LogP contribution in [0.5, 0.6) is 0 Å². The SMILES string of the molecule is C=CCC[C@H](CC(=O)OCc1ccccc1)C(=O)OC(C)(C)C.CC(C)(C)OC(=O)[C@H](CCCCO)CC(=O)OCc1ccccc1.[B]C1CCCO1. The first-order valence-electron chi connectivity index (χ1n) is 18.5. The number of carbonyl (C=O) groups is 4. The van der Waals surface area contributed by atoms with Gasteiger partial charge in [0.1, 0.15) is 32.3 Å². The van der Waals surface area contributed by atoms with Crippen molar-refractivity contribution in [3.8, 4) is 0 Å². The molecule has 1 fully saturated rings. The van der Waals surface area contributed by atoms with Gasteiger partial charge in [0.05, 0.1) is 24.7 Å². The van der Waals surface area contributed by atoms with Gasteiger partial charge in [-0.2, -0.15) is 0 Å². The van der Waals surface area contributed by atoms with Crippen LogP contribution in [-0.4, -0.2) is 67.2 Å². The van der Waals surface area contributed by atoms with E-state index in [1.165, 1.54) is 0 Å². The monoisotopic (exact) mass is 736 g/mol. The number of esters is 4. The number of benzene rings is 2. The Morgan fingerprint density at radius 1 is 0.792 bits per heavy atom. The summed E-state index contributed by atoms with van der Waals surface area (Å²) in [6, 6.07) is 18.9. The molecule has 0 aromatic heterocycles. The third kappa shape index (κ3) is 24.8. The van der Waals surface area contributed by atoms with Gasteiger partial charge in [0.15, 0.2) is 0 Å². The number of hydrogen-bond donors (Lipinski definition) is 1. The second-order valence-electron chi connectivity index (χ2n) is 14.8. The highest BCUT2D eigenvalue weighted by molar-refractivity contribution is 6.11. The van der Waals surface area contributed by atoms with Crippen LogP contribution in [0, 0.1) is 11.8 Å². The molecule has 0 aliphatic carbocycles. The molecule has 1 aliphatic rings. The Morgan fingerprint density at radius 3 is 1.58 bits per heavy atom. The molecule has 0 spiro atoms. The van der Waals surface area contributed by atoms with Crippen molar-refractivity contribution in [2.75, 3.05) is 13.2 Å². The van der Waals surface area contributed by atoms with Crippen molar-refractivity contribution in [1.29, 1.82) is 0 Å². The topological polar surface area (TPSA) is 135 Å². The minimum atomic E-state index is -0.597. The zero-order chi connectivity index (χ0) is 39.7. The van der Waals surface area contributed by atoms with Gasteiger partial charge in [0, 0.05) is 19.2 Å². The lowest BCUT2D eigenvalue weighted by atomic mass is 9.98. The molecule has 1 N–H and O–H groups in total. The Labute approximate surface area is 318 Å². The first-order valence-corrected chi connectivity index (χ1v) is 18.5. The van der Waals surface area contributed by atoms with E-state index in [1.54, 1.807) is 26.8 Å². The van der Waals surface area contributed by atoms with E-state index in [0.29, 0.717) is 32.1 Å². The Balaban J connectivity index is 0.000000456. The highest BCUT2D eigenvalue weighted by atomic mass is 16.6. The fourth-order valence-electron chi connectivity index (χ4n) is 4.80. The van der Waals surface area contributed by atoms with Crippen LogP contribution < -0.4 is 0 Å². The van der Waals surface area contributed by atoms with E-state index in [2.05, 4.69) is 6.58 Å². The summed E-state index contributed by atoms with van der Waals surface area (Å²) in [6.45, 7) is 15.8. The van der Waals surface area contributed by atoms with Crippen molar-refractivity contribution >= 4 is 31.7 Å². The molecule has 2 radical (unpaired) electrons. The van der Waals surface area contributed by atoms with E-state index in [-0.39, 0.29) is 44.6 Å². The van der Waals surface area contributed by atoms with Crippen LogP contribution >= 0.6 is 0 Å². The molecule has 0 bridgehead atoms. The van der Waals surface area contributed by atoms with Crippen molar-refractivity contribution in [2.45, 2.75) is 130 Å². The lowest BCUT2D eigenvalue weighted by Gasteiger charge is -2.23. The van der Waals surface area contributed by atoms with Gasteiger partial charge in [-0.1, -0.05) is 73.2 Å². The average Bonchev–Trinajstić information content (AvgIpc) is 3.58. The van der Waals surface area contributed by atoms with E-state index in [4.69, 9.17) is 36.6 Å². The standard InChI is InChI=1S/C19H28O5.C19H26O4.C4H7BO/c1-19(2,3)24-18(22)16(11-7-8-12-20)13-17(21)23-14-15-9-5-4-6-10-15;1-5-6-12-16(18(21)23-19(2,3)4)13-17(20)22-14-15-10-8-7-9-11-15;5-4-2-1-3-6-4/h4-6,9-10,16,20H,7-8,11-14H2,1-3H3;5,7-11,16H,1,6,12-14H2,2-4H3;4H,1-3H2/t2*16-;/m11./s1. The number of carbonyl (C=O) groups excluding carboxylic acids is 4. The van der Waals surface area contributed by atoms with Gasteiger partial charge in [-0.15, -0.1) is 6.58 Å². The lowest BCUT2D eigenvalue weighted by Crippen LogP contribution is -2.30. The van der Waals surface area contributed by atoms with E-state index >= 15 is 0 Å². The fourth-order valence-corrected chi connectivity index (χ4v) is 4.80. The molecule has 1 saturated heterocycles. The van der Waals surface area contributed by atoms with E-state index in [9.17, 15) is 19.2 Å². The Morgan fingerprint density at radius 2 is 1.25 bits per heavy atom. The third-order valence-electron chi connectivity index (χ3n) is 7.44. The van der Waals surface area contributed by atoms with Crippen LogP contribution in [0.15, 0.2) is 73.3 Å². The maximum atomic E-state index is 12.3. The summed E-state index contributed by atoms with van der Waals surface area (Å²) >= 11 is 0. The first-order chi connectivity index (χ1) is 25.0. The number of aliphatic hydroxyl groups is 1. The quantitative estimate of drug-likeness (QED) is 0.0570. The third-order valence-corrected chi connectivity index (χ3v) is 7.44. The number of ether oxygens (including phenoxy) is 5. The number of hydrogen-bond acceptors (Lipinski definition) is 10. The van der Waals surface area contributed by atoms with E-state index in [1.807, 2.05) is 81.4 Å². The summed E-state index contributed by atoms with van der Waals surface area (Å²) in [5, 5.41) is 8.89. The van der Waals surface area contributed by atoms with Crippen LogP contribution in [0.1, 0.15) is 110 Å². The number of rotatable bonds is 17. The minimum Gasteiger partial charge on any atom is -0.461 e. The summed E-state index contributed by atoms with van der Waals surface area (Å²) in [7, 11) is 5.31. The van der Waals surface area contributed by atoms with Crippen molar-refractivity contribution < 1.29 is 48.0 Å². The molecule has 0 amide bonds. The van der Waals surface area contributed by atoms with Gasteiger partial charge in [0.2, 0.25) is 0 Å². The van der Waals surface area contributed by atoms with Gasteiger partial charge in [-0.05, 0) is 91.2 Å². The van der Waals surface area contributed by atoms with Crippen LogP contribution in [0.4, 0.5) is 0 Å². The number of allylic oxidation sites excluding steroid dienone is 1. The molecule has 3 rings (SSSR count). The first kappa shape index (κ1) is 47.1. The summed E-state index contributed by atoms with van der Waals surface area (Å²) in [6.07, 6.45) is 6.85. The zero-order valence-corrected chi connectivity index (χ0v) is 32.7. The average molecular weight is 737 g/mol. The minimum absolute atomic E-state index is 0.00677. The Bertz CT molecular complexity index is 1330. The molecule has 11 heteroatoms. The molecule has 53 heavy (non-hydrogen) atoms. The molecule has 10 nitrogen and oxygen atoms in total. The van der Waals surface area contributed by atoms with Gasteiger partial charge >= 0.3 is 23.9 Å². The zero-order valence-electron chi connectivity index (χ0n) is 32.7. The largest absolute Gasteiger partial charge is 0.461 e. The van der Waals surface area contributed by atoms with E-state index in [0.717, 1.165) is 30.6 Å². The van der Waals surface area contributed by atoms with Gasteiger partial charge in [0.25, 0.3) is 0 Å². The normalized spacial score (nSPS) is 14.9. The molecular formula is C42H61BO10. The van der Waals surface area contributed by atoms with Crippen LogP contribution in [0.25, 0.3) is 0 Å². The summed E-state index contributed by atoms with van der Waals surface area (Å²) < 4.78 is 26.2. The Kier molecular flexibility index (Phi) is 23.0. The predicted octanol–water partition coefficient (Wildman–Crippen LogP) is 7.58. The van der Waals surface area contributed by atoms with Crippen molar-refractivity contribution in [3.05, 3.63) is 84.4 Å². The molecule has 292 valence electrons. The predicted molar refractivity (Wildman–Crippen MR) is 205 cm³/mol. The molecule has 0 saturated carbocycles. The molecule has 3 atom stereocenters. The summed E-state index contributed by atoms with van der Waals surface area (Å²) in [5.74, 6) is -2.62. The smallest absolute Gasteiger partial charge is 0.310 e. The van der Waals surface area contributed by atoms with Crippen LogP contribution in [0.2, 0.25) is 0 Å². The van der Waals surface area contributed by atoms with Crippen molar-refractivity contribution in [3.63, 3.8) is 0 Å². The van der Waals surface area contributed by atoms with Crippen LogP contribution in [0.3, 0.4) is 0 Å². The highest BCUT2D eigenvalue weighted by Gasteiger charge is 2.29. The summed E-state index contributed by atoms with van der Waals surface area (Å²) in [5.41, 5.74) is 0.651. The molecule has 2 aromatic rings. The molecule has 1 unspecified atom stereocenters. The van der Waals surface area contributed by atoms with Crippen molar-refractivity contribution in [1.82, 2.24) is 0 Å². The van der Waals surface area contributed by atoms with Crippen molar-refractivity contribution in [2.24, 2.45) is 11.8 Å². The Hall–Kier alpha value is -3.96. The van der Waals surface area contributed by atoms with Gasteiger partial charge in [-0.3, -0.25) is 19.2 Å². The lowest BCUT2D eigenvalue weighted by molar-refractivity contribution is -0.164. The maximum absolute atomic E-state index is 12.3.